The normalized spacial score (nSPS) is 10.9. The first-order valence-electron chi connectivity index (χ1n) is 6.38. The predicted molar refractivity (Wildman–Crippen MR) is 84.5 cm³/mol. The van der Waals surface area contributed by atoms with Crippen molar-refractivity contribution in [1.82, 2.24) is 9.55 Å². The highest BCUT2D eigenvalue weighted by Gasteiger charge is 2.17. The predicted octanol–water partition coefficient (Wildman–Crippen LogP) is 4.52. The van der Waals surface area contributed by atoms with Crippen LogP contribution < -0.4 is 5.73 Å². The van der Waals surface area contributed by atoms with E-state index >= 15 is 0 Å². The lowest BCUT2D eigenvalue weighted by atomic mass is 10.1. The van der Waals surface area contributed by atoms with Gasteiger partial charge in [0.15, 0.2) is 0 Å². The highest BCUT2D eigenvalue weighted by Crippen LogP contribution is 2.34. The van der Waals surface area contributed by atoms with Gasteiger partial charge in [-0.15, -0.1) is 0 Å². The molecule has 0 spiro atoms. The fourth-order valence-electron chi connectivity index (χ4n) is 2.16. The first-order valence-corrected chi connectivity index (χ1v) is 7.55. The Hall–Kier alpha value is -1.00. The van der Waals surface area contributed by atoms with Crippen molar-refractivity contribution in [2.24, 2.45) is 0 Å². The van der Waals surface area contributed by atoms with Crippen molar-refractivity contribution in [3.05, 3.63) is 33.5 Å². The summed E-state index contributed by atoms with van der Waals surface area (Å²) in [6.07, 6.45) is 1.96. The number of halogens is 2. The third kappa shape index (κ3) is 2.79. The fraction of sp³-hybridized carbons (Fsp3) is 0.357. The minimum absolute atomic E-state index is 0.665. The molecule has 2 rings (SSSR count). The molecule has 0 aliphatic carbocycles. The lowest BCUT2D eigenvalue weighted by molar-refractivity contribution is 0.690. The van der Waals surface area contributed by atoms with Crippen LogP contribution in [-0.4, -0.2) is 9.55 Å². The van der Waals surface area contributed by atoms with E-state index in [4.69, 9.17) is 17.3 Å². The van der Waals surface area contributed by atoms with Crippen LogP contribution in [0, 0.1) is 0 Å². The van der Waals surface area contributed by atoms with E-state index in [0.29, 0.717) is 10.8 Å². The summed E-state index contributed by atoms with van der Waals surface area (Å²) in [6, 6.07) is 5.72. The molecule has 0 bridgehead atoms. The topological polar surface area (TPSA) is 43.8 Å². The third-order valence-electron chi connectivity index (χ3n) is 3.06. The quantitative estimate of drug-likeness (QED) is 0.887. The van der Waals surface area contributed by atoms with Gasteiger partial charge in [0.25, 0.3) is 0 Å². The summed E-state index contributed by atoms with van der Waals surface area (Å²) in [5.74, 6) is 1.71. The summed E-state index contributed by atoms with van der Waals surface area (Å²) < 4.78 is 3.02. The van der Waals surface area contributed by atoms with Crippen molar-refractivity contribution in [2.75, 3.05) is 5.73 Å². The molecule has 0 saturated carbocycles. The first-order chi connectivity index (χ1) is 9.08. The molecule has 0 radical (unpaired) electrons. The molecule has 102 valence electrons. The van der Waals surface area contributed by atoms with Crippen LogP contribution in [0.1, 0.15) is 26.1 Å². The number of nitrogens with two attached hydrogens (primary N) is 1. The fourth-order valence-corrected chi connectivity index (χ4v) is 2.73. The molecule has 1 heterocycles. The average Bonchev–Trinajstić information content (AvgIpc) is 2.69. The van der Waals surface area contributed by atoms with Gasteiger partial charge in [-0.05, 0) is 31.5 Å². The third-order valence-corrected chi connectivity index (χ3v) is 3.88. The van der Waals surface area contributed by atoms with E-state index in [1.165, 1.54) is 0 Å². The standard InChI is InChI=1S/C14H17BrClN3/c1-3-5-12-18-13(14(17)19(12)4-2)10-8-9(15)6-7-11(10)16/h6-8H,3-5,17H2,1-2H3. The molecule has 5 heteroatoms. The molecule has 3 nitrogen and oxygen atoms in total. The number of imidazole rings is 1. The molecule has 0 aliphatic heterocycles. The second-order valence-corrected chi connectivity index (χ2v) is 5.70. The minimum atomic E-state index is 0.665. The van der Waals surface area contributed by atoms with Gasteiger partial charge in [-0.1, -0.05) is 34.5 Å². The van der Waals surface area contributed by atoms with Crippen LogP contribution in [0.4, 0.5) is 5.82 Å². The summed E-state index contributed by atoms with van der Waals surface area (Å²) in [4.78, 5) is 4.68. The zero-order valence-corrected chi connectivity index (χ0v) is 13.4. The maximum absolute atomic E-state index is 6.26. The summed E-state index contributed by atoms with van der Waals surface area (Å²) in [7, 11) is 0. The van der Waals surface area contributed by atoms with Gasteiger partial charge in [-0.3, -0.25) is 0 Å². The average molecular weight is 343 g/mol. The van der Waals surface area contributed by atoms with E-state index in [2.05, 4.69) is 39.3 Å². The van der Waals surface area contributed by atoms with Gasteiger partial charge in [0.1, 0.15) is 17.3 Å². The number of benzene rings is 1. The van der Waals surface area contributed by atoms with Crippen molar-refractivity contribution >= 4 is 33.3 Å². The molecule has 1 aromatic heterocycles. The SMILES string of the molecule is CCCc1nc(-c2cc(Br)ccc2Cl)c(N)n1CC. The van der Waals surface area contributed by atoms with Crippen LogP contribution in [0.3, 0.4) is 0 Å². The lowest BCUT2D eigenvalue weighted by Gasteiger charge is -2.06. The maximum Gasteiger partial charge on any atom is 0.131 e. The monoisotopic (exact) mass is 341 g/mol. The number of hydrogen-bond donors (Lipinski definition) is 1. The van der Waals surface area contributed by atoms with Crippen molar-refractivity contribution in [1.29, 1.82) is 0 Å². The lowest BCUT2D eigenvalue weighted by Crippen LogP contribution is -2.05. The number of nitrogen functional groups attached to an aromatic ring is 1. The van der Waals surface area contributed by atoms with Crippen molar-refractivity contribution in [3.63, 3.8) is 0 Å². The van der Waals surface area contributed by atoms with E-state index in [1.54, 1.807) is 0 Å². The van der Waals surface area contributed by atoms with Crippen LogP contribution in [0.15, 0.2) is 22.7 Å². The molecule has 0 aliphatic rings. The second-order valence-electron chi connectivity index (χ2n) is 4.38. The Kier molecular flexibility index (Phi) is 4.53. The number of nitrogens with zero attached hydrogens (tertiary/aromatic N) is 2. The van der Waals surface area contributed by atoms with Crippen molar-refractivity contribution in [2.45, 2.75) is 33.2 Å². The first kappa shape index (κ1) is 14.4. The molecule has 0 amide bonds. The highest BCUT2D eigenvalue weighted by molar-refractivity contribution is 9.10. The van der Waals surface area contributed by atoms with E-state index in [-0.39, 0.29) is 0 Å². The Morgan fingerprint density at radius 3 is 2.74 bits per heavy atom. The summed E-state index contributed by atoms with van der Waals surface area (Å²) in [5.41, 5.74) is 7.87. The number of aryl methyl sites for hydroxylation is 1. The van der Waals surface area contributed by atoms with Gasteiger partial charge >= 0.3 is 0 Å². The summed E-state index contributed by atoms with van der Waals surface area (Å²) in [5, 5.41) is 0.665. The van der Waals surface area contributed by atoms with Crippen LogP contribution in [0.25, 0.3) is 11.3 Å². The van der Waals surface area contributed by atoms with E-state index < -0.39 is 0 Å². The van der Waals surface area contributed by atoms with Crippen LogP contribution in [0.2, 0.25) is 5.02 Å². The van der Waals surface area contributed by atoms with Crippen LogP contribution in [0.5, 0.6) is 0 Å². The molecule has 0 fully saturated rings. The molecule has 2 aromatic rings. The Labute approximate surface area is 126 Å². The van der Waals surface area contributed by atoms with Crippen LogP contribution >= 0.6 is 27.5 Å². The number of hydrogen-bond acceptors (Lipinski definition) is 2. The molecule has 1 aromatic carbocycles. The van der Waals surface area contributed by atoms with Crippen LogP contribution in [-0.2, 0) is 13.0 Å². The van der Waals surface area contributed by atoms with Gasteiger partial charge in [0, 0.05) is 23.0 Å². The molecule has 0 saturated heterocycles. The van der Waals surface area contributed by atoms with E-state index in [9.17, 15) is 0 Å². The Morgan fingerprint density at radius 2 is 2.11 bits per heavy atom. The Bertz CT molecular complexity index is 593. The number of rotatable bonds is 4. The van der Waals surface area contributed by atoms with Gasteiger partial charge < -0.3 is 10.3 Å². The molecular weight excluding hydrogens is 326 g/mol. The zero-order chi connectivity index (χ0) is 14.0. The maximum atomic E-state index is 6.26. The molecule has 2 N–H and O–H groups in total. The van der Waals surface area contributed by atoms with Gasteiger partial charge in [-0.2, -0.15) is 0 Å². The molecule has 19 heavy (non-hydrogen) atoms. The minimum Gasteiger partial charge on any atom is -0.383 e. The number of aromatic nitrogens is 2. The van der Waals surface area contributed by atoms with E-state index in [0.717, 1.165) is 40.9 Å². The van der Waals surface area contributed by atoms with Gasteiger partial charge in [0.2, 0.25) is 0 Å². The van der Waals surface area contributed by atoms with Gasteiger partial charge in [-0.25, -0.2) is 4.98 Å². The van der Waals surface area contributed by atoms with Crippen molar-refractivity contribution in [3.8, 4) is 11.3 Å². The highest BCUT2D eigenvalue weighted by atomic mass is 79.9. The smallest absolute Gasteiger partial charge is 0.131 e. The summed E-state index contributed by atoms with van der Waals surface area (Å²) >= 11 is 9.72. The molecular formula is C14H17BrClN3. The molecule has 0 atom stereocenters. The summed E-state index contributed by atoms with van der Waals surface area (Å²) in [6.45, 7) is 5.03. The molecule has 0 unspecified atom stereocenters. The second kappa shape index (κ2) is 5.97. The van der Waals surface area contributed by atoms with Crippen molar-refractivity contribution < 1.29 is 0 Å². The Balaban J connectivity index is 2.59. The Morgan fingerprint density at radius 1 is 1.37 bits per heavy atom. The number of anilines is 1. The van der Waals surface area contributed by atoms with E-state index in [1.807, 2.05) is 18.2 Å². The zero-order valence-electron chi connectivity index (χ0n) is 11.1. The van der Waals surface area contributed by atoms with Gasteiger partial charge in [0.05, 0.1) is 5.02 Å². The largest absolute Gasteiger partial charge is 0.383 e.